The van der Waals surface area contributed by atoms with Crippen LogP contribution < -0.4 is 20.1 Å². The second kappa shape index (κ2) is 10.3. The monoisotopic (exact) mass is 524 g/mol. The number of nitrogens with zero attached hydrogens (tertiary/aromatic N) is 2. The Balaban J connectivity index is 1.51. The molecule has 0 bridgehead atoms. The molecule has 0 aliphatic heterocycles. The molecule has 0 radical (unpaired) electrons. The van der Waals surface area contributed by atoms with Crippen LogP contribution in [0.2, 0.25) is 0 Å². The number of imidazole rings is 1. The first-order chi connectivity index (χ1) is 18.2. The highest BCUT2D eigenvalue weighted by Gasteiger charge is 2.27. The van der Waals surface area contributed by atoms with E-state index in [9.17, 15) is 18.0 Å². The molecular weight excluding hydrogens is 497 g/mol. The first-order valence-corrected chi connectivity index (χ1v) is 12.3. The Hall–Kier alpha value is -4.21. The van der Waals surface area contributed by atoms with Gasteiger partial charge in [-0.1, -0.05) is 12.1 Å². The topological polar surface area (TPSA) is 76.9 Å². The van der Waals surface area contributed by atoms with Crippen LogP contribution in [0.3, 0.4) is 0 Å². The van der Waals surface area contributed by atoms with Crippen LogP contribution in [0, 0.1) is 6.92 Å². The summed E-state index contributed by atoms with van der Waals surface area (Å²) in [6, 6.07) is 14.4. The van der Waals surface area contributed by atoms with Crippen molar-refractivity contribution in [1.82, 2.24) is 14.7 Å². The average Bonchev–Trinajstić information content (AvgIpc) is 3.58. The molecule has 10 heteroatoms. The fraction of sp³-hybridized carbons (Fsp3) is 0.286. The summed E-state index contributed by atoms with van der Waals surface area (Å²) in [5, 5.41) is 5.86. The van der Waals surface area contributed by atoms with Gasteiger partial charge >= 0.3 is 6.18 Å². The molecule has 7 nitrogen and oxygen atoms in total. The number of methoxy groups -OCH3 is 1. The lowest BCUT2D eigenvalue weighted by atomic mass is 10.0. The second-order valence-electron chi connectivity index (χ2n) is 9.28. The van der Waals surface area contributed by atoms with Crippen LogP contribution in [0.15, 0.2) is 60.9 Å². The maximum Gasteiger partial charge on any atom is 0.390 e. The first kappa shape index (κ1) is 25.4. The van der Waals surface area contributed by atoms with Gasteiger partial charge in [-0.25, -0.2) is 4.98 Å². The third-order valence-electron chi connectivity index (χ3n) is 6.26. The highest BCUT2D eigenvalue weighted by atomic mass is 19.4. The number of halogens is 3. The molecule has 1 saturated carbocycles. The van der Waals surface area contributed by atoms with Gasteiger partial charge in [0.2, 0.25) is 0 Å². The van der Waals surface area contributed by atoms with Crippen molar-refractivity contribution in [2.45, 2.75) is 38.4 Å². The number of hydrogen-bond acceptors (Lipinski definition) is 5. The summed E-state index contributed by atoms with van der Waals surface area (Å²) in [5.41, 5.74) is 3.77. The van der Waals surface area contributed by atoms with Crippen molar-refractivity contribution in [2.75, 3.05) is 19.0 Å². The minimum absolute atomic E-state index is 0.0974. The van der Waals surface area contributed by atoms with Gasteiger partial charge in [0.15, 0.2) is 5.65 Å². The van der Waals surface area contributed by atoms with Gasteiger partial charge in [-0.3, -0.25) is 9.20 Å². The molecule has 2 N–H and O–H groups in total. The number of fused-ring (bicyclic) bond motifs is 1. The van der Waals surface area contributed by atoms with Crippen LogP contribution >= 0.6 is 0 Å². The molecule has 1 aliphatic carbocycles. The van der Waals surface area contributed by atoms with Crippen molar-refractivity contribution in [3.8, 4) is 28.5 Å². The van der Waals surface area contributed by atoms with Crippen LogP contribution in [-0.4, -0.2) is 41.2 Å². The van der Waals surface area contributed by atoms with E-state index in [2.05, 4.69) is 15.6 Å². The lowest BCUT2D eigenvalue weighted by Crippen LogP contribution is -2.26. The average molecular weight is 525 g/mol. The summed E-state index contributed by atoms with van der Waals surface area (Å²) in [7, 11) is 1.55. The summed E-state index contributed by atoms with van der Waals surface area (Å²) in [6.45, 7) is 1.56. The number of hydrogen-bond donors (Lipinski definition) is 2. The van der Waals surface area contributed by atoms with Crippen molar-refractivity contribution in [3.63, 3.8) is 0 Å². The van der Waals surface area contributed by atoms with Crippen molar-refractivity contribution in [3.05, 3.63) is 72.1 Å². The molecule has 4 aromatic rings. The molecule has 1 aliphatic rings. The predicted octanol–water partition coefficient (Wildman–Crippen LogP) is 6.37. The lowest BCUT2D eigenvalue weighted by Gasteiger charge is -2.14. The number of carbonyl (C=O) groups excluding carboxylic acids is 1. The third-order valence-corrected chi connectivity index (χ3v) is 6.26. The Kier molecular flexibility index (Phi) is 6.88. The zero-order chi connectivity index (χ0) is 26.9. The quantitative estimate of drug-likeness (QED) is 0.266. The number of nitrogens with one attached hydrogen (secondary N) is 2. The fourth-order valence-electron chi connectivity index (χ4n) is 4.17. The van der Waals surface area contributed by atoms with Crippen molar-refractivity contribution >= 4 is 17.2 Å². The Morgan fingerprint density at radius 1 is 1.11 bits per heavy atom. The van der Waals surface area contributed by atoms with Crippen molar-refractivity contribution in [1.29, 1.82) is 0 Å². The predicted molar refractivity (Wildman–Crippen MR) is 138 cm³/mol. The number of benzene rings is 2. The van der Waals surface area contributed by atoms with Crippen LogP contribution in [-0.2, 0) is 0 Å². The SMILES string of the molecule is COc1cccc(Oc2cc(NCCC(F)(F)F)c3ncc(-c4ccc(C(=O)NC5CC5)c(C)c4)n3c2)c1. The molecule has 1 fully saturated rings. The molecule has 0 atom stereocenters. The zero-order valence-corrected chi connectivity index (χ0v) is 20.9. The molecule has 0 unspecified atom stereocenters. The molecule has 2 aromatic carbocycles. The van der Waals surface area contributed by atoms with Gasteiger partial charge in [-0.15, -0.1) is 0 Å². The molecule has 2 aromatic heterocycles. The van der Waals surface area contributed by atoms with E-state index in [0.29, 0.717) is 39.8 Å². The van der Waals surface area contributed by atoms with E-state index in [-0.39, 0.29) is 18.5 Å². The summed E-state index contributed by atoms with van der Waals surface area (Å²) in [4.78, 5) is 17.0. The maximum absolute atomic E-state index is 12.8. The first-order valence-electron chi connectivity index (χ1n) is 12.3. The summed E-state index contributed by atoms with van der Waals surface area (Å²) in [6.07, 6.45) is 0.114. The van der Waals surface area contributed by atoms with E-state index in [1.165, 1.54) is 0 Å². The van der Waals surface area contributed by atoms with Crippen LogP contribution in [0.5, 0.6) is 17.2 Å². The number of amides is 1. The van der Waals surface area contributed by atoms with E-state index >= 15 is 0 Å². The standard InChI is InChI=1S/C28H27F3N4O3/c1-17-12-18(6-9-23(17)27(36)34-19-7-8-19)25-15-33-26-24(32-11-10-28(29,30)31)14-22(16-35(25)26)38-21-5-3-4-20(13-21)37-2/h3-6,9,12-16,19,32H,7-8,10-11H2,1-2H3,(H,34,36). The van der Waals surface area contributed by atoms with Gasteiger partial charge in [0.1, 0.15) is 17.2 Å². The molecule has 1 amide bonds. The zero-order valence-electron chi connectivity index (χ0n) is 20.9. The van der Waals surface area contributed by atoms with Gasteiger partial charge in [0, 0.05) is 35.8 Å². The number of aryl methyl sites for hydroxylation is 1. The van der Waals surface area contributed by atoms with Crippen molar-refractivity contribution < 1.29 is 27.4 Å². The highest BCUT2D eigenvalue weighted by Crippen LogP contribution is 2.33. The number of carbonyl (C=O) groups is 1. The van der Waals surface area contributed by atoms with Crippen LogP contribution in [0.1, 0.15) is 35.2 Å². The van der Waals surface area contributed by atoms with E-state index in [0.717, 1.165) is 24.0 Å². The van der Waals surface area contributed by atoms with E-state index in [4.69, 9.17) is 9.47 Å². The Bertz CT molecular complexity index is 1480. The summed E-state index contributed by atoms with van der Waals surface area (Å²) in [5.74, 6) is 1.42. The van der Waals surface area contributed by atoms with E-state index in [1.807, 2.05) is 19.1 Å². The number of alkyl halides is 3. The second-order valence-corrected chi connectivity index (χ2v) is 9.28. The minimum Gasteiger partial charge on any atom is -0.497 e. The Morgan fingerprint density at radius 2 is 1.89 bits per heavy atom. The van der Waals surface area contributed by atoms with Crippen molar-refractivity contribution in [2.24, 2.45) is 0 Å². The fourth-order valence-corrected chi connectivity index (χ4v) is 4.17. The number of anilines is 1. The molecule has 0 saturated heterocycles. The molecule has 0 spiro atoms. The van der Waals surface area contributed by atoms with Crippen LogP contribution in [0.25, 0.3) is 16.9 Å². The molecular formula is C28H27F3N4O3. The minimum atomic E-state index is -4.29. The van der Waals surface area contributed by atoms with E-state index in [1.54, 1.807) is 60.3 Å². The molecule has 5 rings (SSSR count). The molecule has 198 valence electrons. The normalized spacial score (nSPS) is 13.4. The maximum atomic E-state index is 12.8. The van der Waals surface area contributed by atoms with Gasteiger partial charge in [0.25, 0.3) is 5.91 Å². The Labute approximate surface area is 217 Å². The van der Waals surface area contributed by atoms with Crippen LogP contribution in [0.4, 0.5) is 18.9 Å². The van der Waals surface area contributed by atoms with Gasteiger partial charge in [-0.05, 0) is 49.6 Å². The number of pyridine rings is 1. The van der Waals surface area contributed by atoms with Gasteiger partial charge < -0.3 is 20.1 Å². The number of rotatable bonds is 9. The third kappa shape index (κ3) is 5.85. The molecule has 38 heavy (non-hydrogen) atoms. The van der Waals surface area contributed by atoms with Gasteiger partial charge in [0.05, 0.1) is 37.3 Å². The number of aromatic nitrogens is 2. The lowest BCUT2D eigenvalue weighted by molar-refractivity contribution is -0.131. The summed E-state index contributed by atoms with van der Waals surface area (Å²) < 4.78 is 51.5. The van der Waals surface area contributed by atoms with Gasteiger partial charge in [-0.2, -0.15) is 13.2 Å². The Morgan fingerprint density at radius 3 is 2.61 bits per heavy atom. The smallest absolute Gasteiger partial charge is 0.390 e. The largest absolute Gasteiger partial charge is 0.497 e. The number of ether oxygens (including phenoxy) is 2. The molecule has 2 heterocycles. The van der Waals surface area contributed by atoms with E-state index < -0.39 is 12.6 Å². The highest BCUT2D eigenvalue weighted by molar-refractivity contribution is 5.96. The summed E-state index contributed by atoms with van der Waals surface area (Å²) >= 11 is 0.